The van der Waals surface area contributed by atoms with Crippen molar-refractivity contribution in [3.63, 3.8) is 0 Å². The number of hydrogen-bond acceptors (Lipinski definition) is 2. The lowest BCUT2D eigenvalue weighted by Crippen LogP contribution is -2.28. The first-order valence-corrected chi connectivity index (χ1v) is 5.31. The van der Waals surface area contributed by atoms with E-state index in [-0.39, 0.29) is 22.8 Å². The van der Waals surface area contributed by atoms with Crippen LogP contribution in [0.5, 0.6) is 0 Å². The monoisotopic (exact) mass is 245 g/mol. The van der Waals surface area contributed by atoms with E-state index in [1.807, 2.05) is 0 Å². The van der Waals surface area contributed by atoms with Crippen LogP contribution in [0, 0.1) is 11.2 Å². The van der Waals surface area contributed by atoms with E-state index in [9.17, 15) is 9.18 Å². The minimum Gasteiger partial charge on any atom is -0.384 e. The van der Waals surface area contributed by atoms with E-state index < -0.39 is 0 Å². The van der Waals surface area contributed by atoms with Gasteiger partial charge in [-0.1, -0.05) is 0 Å². The molecule has 5 heteroatoms. The molecule has 0 unspecified atom stereocenters. The number of nitrogens with zero attached hydrogens (tertiary/aromatic N) is 1. The van der Waals surface area contributed by atoms with Gasteiger partial charge >= 0.3 is 0 Å². The Morgan fingerprint density at radius 3 is 2.39 bits per heavy atom. The first-order chi connectivity index (χ1) is 8.50. The summed E-state index contributed by atoms with van der Waals surface area (Å²) in [5.74, 6) is -0.592. The average molecular weight is 245 g/mol. The van der Waals surface area contributed by atoms with Crippen LogP contribution in [-0.4, -0.2) is 10.4 Å². The van der Waals surface area contributed by atoms with Crippen molar-refractivity contribution in [1.29, 1.82) is 5.41 Å². The molecule has 0 saturated carbocycles. The first kappa shape index (κ1) is 12.0. The highest BCUT2D eigenvalue weighted by atomic mass is 19.1. The third kappa shape index (κ3) is 2.02. The topological polar surface area (TPSA) is 71.9 Å². The Morgan fingerprint density at radius 2 is 1.83 bits per heavy atom. The fourth-order valence-corrected chi connectivity index (χ4v) is 1.75. The van der Waals surface area contributed by atoms with E-state index in [2.05, 4.69) is 0 Å². The quantitative estimate of drug-likeness (QED) is 0.621. The predicted octanol–water partition coefficient (Wildman–Crippen LogP) is 1.48. The maximum atomic E-state index is 12.8. The van der Waals surface area contributed by atoms with E-state index >= 15 is 0 Å². The van der Waals surface area contributed by atoms with Crippen molar-refractivity contribution in [3.05, 3.63) is 58.1 Å². The maximum absolute atomic E-state index is 12.8. The van der Waals surface area contributed by atoms with Crippen LogP contribution in [0.3, 0.4) is 0 Å². The summed E-state index contributed by atoms with van der Waals surface area (Å²) in [4.78, 5) is 11.9. The van der Waals surface area contributed by atoms with Crippen molar-refractivity contribution in [2.24, 2.45) is 12.8 Å². The van der Waals surface area contributed by atoms with E-state index in [1.54, 1.807) is 25.2 Å². The Hall–Kier alpha value is -2.43. The van der Waals surface area contributed by atoms with E-state index in [0.717, 1.165) is 5.56 Å². The molecule has 4 nitrogen and oxygen atoms in total. The summed E-state index contributed by atoms with van der Waals surface area (Å²) in [6.45, 7) is 0. The molecule has 0 fully saturated rings. The molecule has 1 aromatic heterocycles. The standard InChI is InChI=1S/C13H12FN3O/c1-17-11(8-2-4-9(14)5-3-8)7-6-10(12(15)16)13(17)18/h2-7H,1H3,(H3,15,16). The summed E-state index contributed by atoms with van der Waals surface area (Å²) < 4.78 is 14.2. The summed E-state index contributed by atoms with van der Waals surface area (Å²) in [5.41, 5.74) is 6.50. The fourth-order valence-electron chi connectivity index (χ4n) is 1.75. The second-order valence-electron chi connectivity index (χ2n) is 3.92. The van der Waals surface area contributed by atoms with Crippen LogP contribution in [0.4, 0.5) is 4.39 Å². The highest BCUT2D eigenvalue weighted by Crippen LogP contribution is 2.17. The summed E-state index contributed by atoms with van der Waals surface area (Å²) in [6, 6.07) is 9.04. The van der Waals surface area contributed by atoms with Crippen LogP contribution >= 0.6 is 0 Å². The van der Waals surface area contributed by atoms with Gasteiger partial charge < -0.3 is 10.3 Å². The third-order valence-electron chi connectivity index (χ3n) is 2.73. The molecular weight excluding hydrogens is 233 g/mol. The molecule has 0 aliphatic heterocycles. The van der Waals surface area contributed by atoms with Gasteiger partial charge in [0.25, 0.3) is 5.56 Å². The van der Waals surface area contributed by atoms with Crippen LogP contribution in [-0.2, 0) is 7.05 Å². The third-order valence-corrected chi connectivity index (χ3v) is 2.73. The molecule has 2 aromatic rings. The number of amidine groups is 1. The molecular formula is C13H12FN3O. The molecule has 92 valence electrons. The number of nitrogens with one attached hydrogen (secondary N) is 1. The zero-order valence-electron chi connectivity index (χ0n) is 9.77. The number of pyridine rings is 1. The van der Waals surface area contributed by atoms with Crippen molar-refractivity contribution < 1.29 is 4.39 Å². The second kappa shape index (κ2) is 4.44. The number of hydrogen-bond donors (Lipinski definition) is 2. The molecule has 18 heavy (non-hydrogen) atoms. The van der Waals surface area contributed by atoms with Gasteiger partial charge in [-0.15, -0.1) is 0 Å². The van der Waals surface area contributed by atoms with E-state index in [4.69, 9.17) is 11.1 Å². The lowest BCUT2D eigenvalue weighted by atomic mass is 10.1. The van der Waals surface area contributed by atoms with Crippen LogP contribution in [0.1, 0.15) is 5.56 Å². The Morgan fingerprint density at radius 1 is 1.22 bits per heavy atom. The SMILES string of the molecule is Cn1c(-c2ccc(F)cc2)ccc(C(=N)N)c1=O. The number of halogens is 1. The van der Waals surface area contributed by atoms with Crippen LogP contribution in [0.2, 0.25) is 0 Å². The molecule has 0 radical (unpaired) electrons. The molecule has 3 N–H and O–H groups in total. The highest BCUT2D eigenvalue weighted by molar-refractivity contribution is 5.94. The summed E-state index contributed by atoms with van der Waals surface area (Å²) in [6.07, 6.45) is 0. The molecule has 0 atom stereocenters. The zero-order valence-corrected chi connectivity index (χ0v) is 9.77. The smallest absolute Gasteiger partial charge is 0.261 e. The number of aromatic nitrogens is 1. The Bertz CT molecular complexity index is 659. The Balaban J connectivity index is 2.61. The normalized spacial score (nSPS) is 10.3. The molecule has 0 saturated heterocycles. The van der Waals surface area contributed by atoms with Crippen LogP contribution in [0.15, 0.2) is 41.2 Å². The van der Waals surface area contributed by atoms with Gasteiger partial charge in [-0.2, -0.15) is 0 Å². The molecule has 1 aromatic carbocycles. The Kier molecular flexibility index (Phi) is 2.97. The molecule has 1 heterocycles. The zero-order chi connectivity index (χ0) is 13.3. The largest absolute Gasteiger partial charge is 0.384 e. The second-order valence-corrected chi connectivity index (χ2v) is 3.92. The van der Waals surface area contributed by atoms with Gasteiger partial charge in [0.15, 0.2) is 0 Å². The van der Waals surface area contributed by atoms with Gasteiger partial charge in [-0.05, 0) is 42.0 Å². The number of nitrogens with two attached hydrogens (primary N) is 1. The minimum atomic E-state index is -0.343. The minimum absolute atomic E-state index is 0.156. The van der Waals surface area contributed by atoms with Gasteiger partial charge in [0.1, 0.15) is 11.7 Å². The van der Waals surface area contributed by atoms with Gasteiger partial charge in [0.05, 0.1) is 11.3 Å². The Labute approximate surface area is 103 Å². The fraction of sp³-hybridized carbons (Fsp3) is 0.0769. The molecule has 0 bridgehead atoms. The molecule has 2 rings (SSSR count). The average Bonchev–Trinajstić information content (AvgIpc) is 2.33. The van der Waals surface area contributed by atoms with Crippen LogP contribution < -0.4 is 11.3 Å². The molecule has 0 spiro atoms. The molecule has 0 amide bonds. The lowest BCUT2D eigenvalue weighted by Gasteiger charge is -2.09. The van der Waals surface area contributed by atoms with Crippen molar-refractivity contribution >= 4 is 5.84 Å². The maximum Gasteiger partial charge on any atom is 0.261 e. The van der Waals surface area contributed by atoms with Crippen molar-refractivity contribution in [1.82, 2.24) is 4.57 Å². The number of benzene rings is 1. The molecule has 0 aliphatic rings. The van der Waals surface area contributed by atoms with E-state index in [1.165, 1.54) is 22.8 Å². The van der Waals surface area contributed by atoms with Crippen molar-refractivity contribution in [2.75, 3.05) is 0 Å². The van der Waals surface area contributed by atoms with Gasteiger partial charge in [-0.25, -0.2) is 4.39 Å². The highest BCUT2D eigenvalue weighted by Gasteiger charge is 2.09. The number of rotatable bonds is 2. The lowest BCUT2D eigenvalue weighted by molar-refractivity contribution is 0.628. The summed E-state index contributed by atoms with van der Waals surface area (Å²) >= 11 is 0. The van der Waals surface area contributed by atoms with Crippen molar-refractivity contribution in [2.45, 2.75) is 0 Å². The van der Waals surface area contributed by atoms with E-state index in [0.29, 0.717) is 5.69 Å². The number of nitrogen functional groups attached to an aromatic ring is 1. The summed E-state index contributed by atoms with van der Waals surface area (Å²) in [5, 5.41) is 7.29. The first-order valence-electron chi connectivity index (χ1n) is 5.31. The van der Waals surface area contributed by atoms with Crippen molar-refractivity contribution in [3.8, 4) is 11.3 Å². The van der Waals surface area contributed by atoms with Crippen LogP contribution in [0.25, 0.3) is 11.3 Å². The molecule has 0 aliphatic carbocycles. The van der Waals surface area contributed by atoms with Gasteiger partial charge in [0, 0.05) is 7.05 Å². The van der Waals surface area contributed by atoms with Gasteiger partial charge in [-0.3, -0.25) is 10.2 Å². The summed E-state index contributed by atoms with van der Waals surface area (Å²) in [7, 11) is 1.59. The predicted molar refractivity (Wildman–Crippen MR) is 68.1 cm³/mol. The van der Waals surface area contributed by atoms with Gasteiger partial charge in [0.2, 0.25) is 0 Å².